The molecule has 1 N–H and O–H groups in total. The zero-order chi connectivity index (χ0) is 13.5. The van der Waals surface area contributed by atoms with Crippen LogP contribution in [0.3, 0.4) is 0 Å². The van der Waals surface area contributed by atoms with Crippen LogP contribution in [-0.4, -0.2) is 18.7 Å². The Balaban J connectivity index is 1.67. The first-order valence-electron chi connectivity index (χ1n) is 7.51. The summed E-state index contributed by atoms with van der Waals surface area (Å²) in [6.45, 7) is 8.13. The molecule has 3 rings (SSSR count). The van der Waals surface area contributed by atoms with E-state index in [2.05, 4.69) is 18.3 Å². The van der Waals surface area contributed by atoms with E-state index in [0.29, 0.717) is 0 Å². The fourth-order valence-corrected chi connectivity index (χ4v) is 3.80. The number of furan rings is 1. The van der Waals surface area contributed by atoms with Gasteiger partial charge in [0.2, 0.25) is 0 Å². The molecule has 0 aromatic carbocycles. The van der Waals surface area contributed by atoms with Gasteiger partial charge in [-0.05, 0) is 38.7 Å². The summed E-state index contributed by atoms with van der Waals surface area (Å²) in [5.41, 5.74) is 1.45. The van der Waals surface area contributed by atoms with Crippen molar-refractivity contribution in [3.05, 3.63) is 23.2 Å². The van der Waals surface area contributed by atoms with Crippen LogP contribution in [0.4, 0.5) is 0 Å². The van der Waals surface area contributed by atoms with E-state index >= 15 is 0 Å². The summed E-state index contributed by atoms with van der Waals surface area (Å²) >= 11 is 0. The number of hydrogen-bond acceptors (Lipinski definition) is 3. The van der Waals surface area contributed by atoms with Crippen molar-refractivity contribution >= 4 is 0 Å². The number of hydrogen-bond donors (Lipinski definition) is 1. The highest BCUT2D eigenvalue weighted by atomic mass is 16.5. The van der Waals surface area contributed by atoms with Crippen molar-refractivity contribution < 1.29 is 9.15 Å². The Kier molecular flexibility index (Phi) is 3.44. The van der Waals surface area contributed by atoms with Gasteiger partial charge >= 0.3 is 0 Å². The molecule has 0 radical (unpaired) electrons. The minimum absolute atomic E-state index is 0.153. The van der Waals surface area contributed by atoms with Gasteiger partial charge in [-0.15, -0.1) is 0 Å². The zero-order valence-corrected chi connectivity index (χ0v) is 12.3. The fraction of sp³-hybridized carbons (Fsp3) is 0.750. The highest BCUT2D eigenvalue weighted by Crippen LogP contribution is 2.37. The molecule has 0 bridgehead atoms. The van der Waals surface area contributed by atoms with E-state index in [1.165, 1.54) is 31.2 Å². The Morgan fingerprint density at radius 1 is 1.37 bits per heavy atom. The monoisotopic (exact) mass is 263 g/mol. The highest BCUT2D eigenvalue weighted by Gasteiger charge is 2.39. The van der Waals surface area contributed by atoms with Gasteiger partial charge in [0.15, 0.2) is 0 Å². The molecule has 0 amide bonds. The van der Waals surface area contributed by atoms with Crippen LogP contribution in [0.2, 0.25) is 0 Å². The Morgan fingerprint density at radius 3 is 2.79 bits per heavy atom. The first-order valence-corrected chi connectivity index (χ1v) is 7.51. The molecular formula is C16H25NO2. The lowest BCUT2D eigenvalue weighted by molar-refractivity contribution is -0.0532. The standard InChI is InChI=1S/C16H25NO2/c1-11-5-4-6-16(8-11)10-18-15(9-17-16)14-7-12(2)19-13(14)3/h7,11,15,17H,4-6,8-10H2,1-3H3. The molecular weight excluding hydrogens is 238 g/mol. The lowest BCUT2D eigenvalue weighted by Crippen LogP contribution is -2.57. The topological polar surface area (TPSA) is 34.4 Å². The highest BCUT2D eigenvalue weighted by molar-refractivity contribution is 5.24. The predicted octanol–water partition coefficient (Wildman–Crippen LogP) is 3.51. The van der Waals surface area contributed by atoms with Crippen molar-refractivity contribution in [2.24, 2.45) is 5.92 Å². The Bertz CT molecular complexity index is 444. The van der Waals surface area contributed by atoms with Crippen LogP contribution in [0.5, 0.6) is 0 Å². The van der Waals surface area contributed by atoms with E-state index in [1.54, 1.807) is 0 Å². The second-order valence-electron chi connectivity index (χ2n) is 6.53. The van der Waals surface area contributed by atoms with Crippen molar-refractivity contribution in [2.75, 3.05) is 13.2 Å². The molecule has 3 unspecified atom stereocenters. The van der Waals surface area contributed by atoms with Crippen LogP contribution < -0.4 is 5.32 Å². The lowest BCUT2D eigenvalue weighted by atomic mass is 9.76. The number of morpholine rings is 1. The first-order chi connectivity index (χ1) is 9.08. The molecule has 19 heavy (non-hydrogen) atoms. The summed E-state index contributed by atoms with van der Waals surface area (Å²) in [5.74, 6) is 2.79. The largest absolute Gasteiger partial charge is 0.466 e. The van der Waals surface area contributed by atoms with E-state index in [0.717, 1.165) is 30.6 Å². The molecule has 3 atom stereocenters. The van der Waals surface area contributed by atoms with E-state index in [1.807, 2.05) is 13.8 Å². The van der Waals surface area contributed by atoms with Crippen molar-refractivity contribution in [1.82, 2.24) is 5.32 Å². The van der Waals surface area contributed by atoms with E-state index < -0.39 is 0 Å². The average Bonchev–Trinajstić information content (AvgIpc) is 2.69. The zero-order valence-electron chi connectivity index (χ0n) is 12.3. The summed E-state index contributed by atoms with van der Waals surface area (Å²) in [4.78, 5) is 0. The SMILES string of the molecule is Cc1cc(C2CNC3(CCCC(C)C3)CO2)c(C)o1. The summed E-state index contributed by atoms with van der Waals surface area (Å²) in [6, 6.07) is 2.11. The number of ether oxygens (including phenoxy) is 1. The molecule has 2 fully saturated rings. The summed E-state index contributed by atoms with van der Waals surface area (Å²) in [7, 11) is 0. The minimum Gasteiger partial charge on any atom is -0.466 e. The quantitative estimate of drug-likeness (QED) is 0.842. The van der Waals surface area contributed by atoms with E-state index in [9.17, 15) is 0 Å². The van der Waals surface area contributed by atoms with Crippen molar-refractivity contribution in [1.29, 1.82) is 0 Å². The average molecular weight is 263 g/mol. The molecule has 1 saturated carbocycles. The molecule has 2 heterocycles. The summed E-state index contributed by atoms with van der Waals surface area (Å²) in [5, 5.41) is 3.78. The van der Waals surface area contributed by atoms with Crippen molar-refractivity contribution in [3.63, 3.8) is 0 Å². The molecule has 106 valence electrons. The third-order valence-corrected chi connectivity index (χ3v) is 4.74. The maximum atomic E-state index is 6.18. The van der Waals surface area contributed by atoms with Crippen molar-refractivity contribution in [3.8, 4) is 0 Å². The van der Waals surface area contributed by atoms with Crippen LogP contribution in [0.25, 0.3) is 0 Å². The van der Waals surface area contributed by atoms with Gasteiger partial charge < -0.3 is 14.5 Å². The van der Waals surface area contributed by atoms with Crippen LogP contribution >= 0.6 is 0 Å². The smallest absolute Gasteiger partial charge is 0.106 e. The lowest BCUT2D eigenvalue weighted by Gasteiger charge is -2.45. The number of nitrogens with one attached hydrogen (secondary N) is 1. The van der Waals surface area contributed by atoms with E-state index in [-0.39, 0.29) is 11.6 Å². The van der Waals surface area contributed by atoms with Crippen LogP contribution in [0.1, 0.15) is 55.8 Å². The van der Waals surface area contributed by atoms with Gasteiger partial charge in [-0.1, -0.05) is 19.8 Å². The van der Waals surface area contributed by atoms with Gasteiger partial charge in [0.05, 0.1) is 12.7 Å². The minimum atomic E-state index is 0.153. The molecule has 1 aromatic heterocycles. The summed E-state index contributed by atoms with van der Waals surface area (Å²) in [6.07, 6.45) is 5.36. The van der Waals surface area contributed by atoms with E-state index in [4.69, 9.17) is 9.15 Å². The maximum absolute atomic E-state index is 6.18. The number of aryl methyl sites for hydroxylation is 2. The van der Waals surface area contributed by atoms with Gasteiger partial charge in [-0.2, -0.15) is 0 Å². The fourth-order valence-electron chi connectivity index (χ4n) is 3.80. The molecule has 3 nitrogen and oxygen atoms in total. The molecule has 1 aliphatic heterocycles. The van der Waals surface area contributed by atoms with Gasteiger partial charge in [-0.25, -0.2) is 0 Å². The molecule has 1 saturated heterocycles. The molecule has 3 heteroatoms. The van der Waals surface area contributed by atoms with Crippen LogP contribution in [-0.2, 0) is 4.74 Å². The molecule has 1 aromatic rings. The van der Waals surface area contributed by atoms with Gasteiger partial charge in [0.1, 0.15) is 11.5 Å². The van der Waals surface area contributed by atoms with Crippen molar-refractivity contribution in [2.45, 2.75) is 58.1 Å². The second-order valence-corrected chi connectivity index (χ2v) is 6.53. The van der Waals surface area contributed by atoms with Gasteiger partial charge in [-0.3, -0.25) is 0 Å². The third-order valence-electron chi connectivity index (χ3n) is 4.74. The van der Waals surface area contributed by atoms with Crippen LogP contribution in [0.15, 0.2) is 10.5 Å². The first kappa shape index (κ1) is 13.2. The predicted molar refractivity (Wildman–Crippen MR) is 75.2 cm³/mol. The Hall–Kier alpha value is -0.800. The Labute approximate surface area is 115 Å². The van der Waals surface area contributed by atoms with Gasteiger partial charge in [0, 0.05) is 17.6 Å². The second kappa shape index (κ2) is 4.95. The molecule has 2 aliphatic rings. The summed E-state index contributed by atoms with van der Waals surface area (Å²) < 4.78 is 11.8. The van der Waals surface area contributed by atoms with Gasteiger partial charge in [0.25, 0.3) is 0 Å². The number of rotatable bonds is 1. The normalized spacial score (nSPS) is 35.7. The maximum Gasteiger partial charge on any atom is 0.106 e. The van der Waals surface area contributed by atoms with Crippen LogP contribution in [0, 0.1) is 19.8 Å². The Morgan fingerprint density at radius 2 is 2.21 bits per heavy atom. The third kappa shape index (κ3) is 2.59. The molecule has 1 spiro atoms. The molecule has 1 aliphatic carbocycles.